The van der Waals surface area contributed by atoms with Gasteiger partial charge in [0, 0.05) is 18.3 Å². The lowest BCUT2D eigenvalue weighted by molar-refractivity contribution is -0.343. The monoisotopic (exact) mass is 760 g/mol. The summed E-state index contributed by atoms with van der Waals surface area (Å²) in [7, 11) is 0. The highest BCUT2D eigenvalue weighted by Gasteiger charge is 2.71. The van der Waals surface area contributed by atoms with Crippen molar-refractivity contribution < 1.29 is 70.0 Å². The SMILES string of the molecule is CC(C)[C@@H](CCO[C@@H]1OC[C@@H](O)[C@H](O)[C@H]1O[C@@H]1OC[C@@H](O)[C@H](O)[C@H]1O)CC[C@@H](C)[C@H]1C[C@@H](O)[C@@H]2[C@]1(C)CC[C@H]1[C@@]2(O)C[C@H](O)C2[C@@H](O)[C@@H](O)CC[C@@]21C. The van der Waals surface area contributed by atoms with Crippen LogP contribution in [0.3, 0.4) is 0 Å². The summed E-state index contributed by atoms with van der Waals surface area (Å²) in [6.07, 6.45) is -8.59. The van der Waals surface area contributed by atoms with Crippen molar-refractivity contribution in [2.24, 2.45) is 52.3 Å². The maximum atomic E-state index is 12.6. The maximum absolute atomic E-state index is 12.6. The van der Waals surface area contributed by atoms with Crippen LogP contribution >= 0.6 is 0 Å². The first-order valence-corrected chi connectivity index (χ1v) is 20.2. The number of aliphatic hydroxyl groups is 10. The van der Waals surface area contributed by atoms with Crippen LogP contribution in [-0.2, 0) is 18.9 Å². The number of hydrogen-bond acceptors (Lipinski definition) is 14. The molecule has 0 aromatic carbocycles. The Morgan fingerprint density at radius 3 is 2.00 bits per heavy atom. The Labute approximate surface area is 313 Å². The average Bonchev–Trinajstić information content (AvgIpc) is 3.37. The molecule has 53 heavy (non-hydrogen) atoms. The fourth-order valence-electron chi connectivity index (χ4n) is 12.4. The molecule has 6 aliphatic rings. The van der Waals surface area contributed by atoms with Gasteiger partial charge in [-0.15, -0.1) is 0 Å². The number of ether oxygens (including phenoxy) is 4. The first-order chi connectivity index (χ1) is 24.8. The molecule has 0 radical (unpaired) electrons. The van der Waals surface area contributed by atoms with Crippen LogP contribution in [0.2, 0.25) is 0 Å². The molecule has 2 heterocycles. The van der Waals surface area contributed by atoms with E-state index in [9.17, 15) is 51.1 Å². The summed E-state index contributed by atoms with van der Waals surface area (Å²) in [6.45, 7) is 10.6. The van der Waals surface area contributed by atoms with E-state index in [1.54, 1.807) is 0 Å². The van der Waals surface area contributed by atoms with E-state index >= 15 is 0 Å². The van der Waals surface area contributed by atoms with E-state index < -0.39 is 96.5 Å². The van der Waals surface area contributed by atoms with Gasteiger partial charge in [-0.3, -0.25) is 0 Å². The fraction of sp³-hybridized carbons (Fsp3) is 1.00. The van der Waals surface area contributed by atoms with E-state index in [0.29, 0.717) is 31.6 Å². The number of aliphatic hydroxyl groups excluding tert-OH is 9. The summed E-state index contributed by atoms with van der Waals surface area (Å²) in [6, 6.07) is 0. The molecule has 4 aliphatic carbocycles. The smallest absolute Gasteiger partial charge is 0.186 e. The number of hydrogen-bond donors (Lipinski definition) is 10. The van der Waals surface area contributed by atoms with Crippen molar-refractivity contribution in [2.45, 2.75) is 172 Å². The molecular formula is C39H68O14. The highest BCUT2D eigenvalue weighted by Crippen LogP contribution is 2.70. The summed E-state index contributed by atoms with van der Waals surface area (Å²) in [5, 5.41) is 108. The van der Waals surface area contributed by atoms with Crippen LogP contribution in [0, 0.1) is 52.3 Å². The first kappa shape index (κ1) is 42.1. The summed E-state index contributed by atoms with van der Waals surface area (Å²) in [4.78, 5) is 0. The van der Waals surface area contributed by atoms with E-state index in [4.69, 9.17) is 18.9 Å². The molecule has 0 amide bonds. The molecular weight excluding hydrogens is 692 g/mol. The molecule has 14 heteroatoms. The van der Waals surface area contributed by atoms with Gasteiger partial charge in [0.25, 0.3) is 0 Å². The maximum Gasteiger partial charge on any atom is 0.186 e. The van der Waals surface area contributed by atoms with Crippen LogP contribution in [0.4, 0.5) is 0 Å². The zero-order valence-electron chi connectivity index (χ0n) is 32.1. The first-order valence-electron chi connectivity index (χ1n) is 20.2. The van der Waals surface area contributed by atoms with Gasteiger partial charge < -0.3 is 70.0 Å². The zero-order chi connectivity index (χ0) is 38.8. The van der Waals surface area contributed by atoms with Crippen molar-refractivity contribution in [3.05, 3.63) is 0 Å². The van der Waals surface area contributed by atoms with Crippen molar-refractivity contribution in [1.29, 1.82) is 0 Å². The summed E-state index contributed by atoms with van der Waals surface area (Å²) >= 11 is 0. The molecule has 2 saturated heterocycles. The molecule has 14 nitrogen and oxygen atoms in total. The topological polar surface area (TPSA) is 239 Å². The molecule has 4 saturated carbocycles. The average molecular weight is 761 g/mol. The molecule has 0 spiro atoms. The minimum Gasteiger partial charge on any atom is -0.393 e. The van der Waals surface area contributed by atoms with Crippen LogP contribution < -0.4 is 0 Å². The van der Waals surface area contributed by atoms with Crippen LogP contribution in [0.25, 0.3) is 0 Å². The van der Waals surface area contributed by atoms with E-state index in [2.05, 4.69) is 34.6 Å². The predicted octanol–water partition coefficient (Wildman–Crippen LogP) is 0.0310. The molecule has 21 atom stereocenters. The van der Waals surface area contributed by atoms with Crippen LogP contribution in [0.1, 0.15) is 92.4 Å². The van der Waals surface area contributed by atoms with E-state index in [-0.39, 0.29) is 55.3 Å². The molecule has 0 aromatic rings. The minimum atomic E-state index is -1.58. The predicted molar refractivity (Wildman–Crippen MR) is 189 cm³/mol. The second-order valence-electron chi connectivity index (χ2n) is 18.7. The molecule has 0 bridgehead atoms. The molecule has 0 aromatic heterocycles. The third kappa shape index (κ3) is 7.50. The standard InChI is InChI=1S/C39H68O14/c1-18(2)20(10-13-50-36-33(31(47)26(44)17-52-36)53-35-32(48)30(46)25(43)16-51-35)7-6-19(3)21-14-23(41)34-37(21,4)12-9-27-38(5)11-8-22(40)29(45)28(38)24(42)15-39(27,34)49/h18-36,40-49H,6-17H2,1-5H3/t19-,20-,21-,22+,23-,24+,25-,26-,27-,28?,29+,30+,31+,32-,33-,34-,35+,36-,37-,38-,39+/m1/s1. The van der Waals surface area contributed by atoms with E-state index in [1.165, 1.54) is 0 Å². The van der Waals surface area contributed by atoms with Crippen LogP contribution in [-0.4, -0.2) is 150 Å². The van der Waals surface area contributed by atoms with Crippen LogP contribution in [0.5, 0.6) is 0 Å². The lowest BCUT2D eigenvalue weighted by Crippen LogP contribution is -2.70. The molecule has 6 fully saturated rings. The second-order valence-corrected chi connectivity index (χ2v) is 18.7. The van der Waals surface area contributed by atoms with Crippen molar-refractivity contribution in [3.63, 3.8) is 0 Å². The highest BCUT2D eigenvalue weighted by molar-refractivity contribution is 5.21. The largest absolute Gasteiger partial charge is 0.393 e. The molecule has 2 aliphatic heterocycles. The van der Waals surface area contributed by atoms with Gasteiger partial charge in [-0.05, 0) is 85.4 Å². The third-order valence-corrected chi connectivity index (χ3v) is 15.4. The van der Waals surface area contributed by atoms with Crippen molar-refractivity contribution in [3.8, 4) is 0 Å². The van der Waals surface area contributed by atoms with Gasteiger partial charge in [0.1, 0.15) is 36.6 Å². The molecule has 1 unspecified atom stereocenters. The molecule has 308 valence electrons. The number of fused-ring (bicyclic) bond motifs is 5. The summed E-state index contributed by atoms with van der Waals surface area (Å²) in [5.41, 5.74) is -2.16. The van der Waals surface area contributed by atoms with Gasteiger partial charge >= 0.3 is 0 Å². The van der Waals surface area contributed by atoms with Crippen molar-refractivity contribution in [1.82, 2.24) is 0 Å². The molecule has 6 rings (SSSR count). The second kappa shape index (κ2) is 16.0. The summed E-state index contributed by atoms with van der Waals surface area (Å²) < 4.78 is 22.9. The van der Waals surface area contributed by atoms with Gasteiger partial charge in [0.15, 0.2) is 12.6 Å². The third-order valence-electron chi connectivity index (χ3n) is 15.4. The Morgan fingerprint density at radius 2 is 1.32 bits per heavy atom. The Hall–Kier alpha value is -0.560. The molecule has 10 N–H and O–H groups in total. The van der Waals surface area contributed by atoms with E-state index in [0.717, 1.165) is 25.7 Å². The van der Waals surface area contributed by atoms with Gasteiger partial charge in [-0.1, -0.05) is 41.0 Å². The van der Waals surface area contributed by atoms with Gasteiger partial charge in [-0.25, -0.2) is 0 Å². The minimum absolute atomic E-state index is 0.0848. The fourth-order valence-corrected chi connectivity index (χ4v) is 12.4. The highest BCUT2D eigenvalue weighted by atomic mass is 16.7. The Morgan fingerprint density at radius 1 is 0.679 bits per heavy atom. The Kier molecular flexibility index (Phi) is 12.7. The van der Waals surface area contributed by atoms with Crippen molar-refractivity contribution >= 4 is 0 Å². The lowest BCUT2D eigenvalue weighted by Gasteiger charge is -2.66. The Balaban J connectivity index is 1.07. The van der Waals surface area contributed by atoms with Crippen LogP contribution in [0.15, 0.2) is 0 Å². The van der Waals surface area contributed by atoms with Crippen molar-refractivity contribution in [2.75, 3.05) is 19.8 Å². The summed E-state index contributed by atoms with van der Waals surface area (Å²) in [5.74, 6) is -0.113. The van der Waals surface area contributed by atoms with Gasteiger partial charge in [0.05, 0.1) is 49.8 Å². The Bertz CT molecular complexity index is 1230. The van der Waals surface area contributed by atoms with E-state index in [1.807, 2.05) is 0 Å². The van der Waals surface area contributed by atoms with Gasteiger partial charge in [0.2, 0.25) is 0 Å². The number of rotatable bonds is 11. The zero-order valence-corrected chi connectivity index (χ0v) is 32.1. The lowest BCUT2D eigenvalue weighted by atomic mass is 9.41. The van der Waals surface area contributed by atoms with Gasteiger partial charge in [-0.2, -0.15) is 0 Å². The normalized spacial score (nSPS) is 52.8. The quantitative estimate of drug-likeness (QED) is 0.134.